The summed E-state index contributed by atoms with van der Waals surface area (Å²) in [5.74, 6) is 1.48. The Labute approximate surface area is 198 Å². The molecule has 0 atom stereocenters. The Morgan fingerprint density at radius 2 is 1.82 bits per heavy atom. The molecule has 174 valence electrons. The third-order valence-electron chi connectivity index (χ3n) is 6.39. The van der Waals surface area contributed by atoms with Gasteiger partial charge in [0.2, 0.25) is 10.0 Å². The number of sulfonamides is 1. The molecule has 1 fully saturated rings. The van der Waals surface area contributed by atoms with E-state index < -0.39 is 10.0 Å². The Morgan fingerprint density at radius 3 is 2.50 bits per heavy atom. The lowest BCUT2D eigenvalue weighted by Crippen LogP contribution is -2.42. The minimum atomic E-state index is -3.55. The molecule has 34 heavy (non-hydrogen) atoms. The fraction of sp³-hybridized carbons (Fsp3) is 0.280. The average Bonchev–Trinajstić information content (AvgIpc) is 3.24. The Balaban J connectivity index is 1.39. The smallest absolute Gasteiger partial charge is 0.243 e. The number of rotatable bonds is 5. The van der Waals surface area contributed by atoms with E-state index in [9.17, 15) is 13.7 Å². The molecule has 1 aliphatic heterocycles. The zero-order valence-corrected chi connectivity index (χ0v) is 19.8. The standard InChI is InChI=1S/C25H25N5O3S/c1-17-15-24(30-23-6-4-3-5-22(23)28-25(30)21(17)16-26)27-18-11-13-29(14-12-18)34(31,32)20-9-7-19(33-2)8-10-20/h3-10,15,18,27H,11-14H2,1-2H3. The molecule has 0 spiro atoms. The number of hydrogen-bond donors (Lipinski definition) is 1. The molecule has 1 N–H and O–H groups in total. The maximum Gasteiger partial charge on any atom is 0.243 e. The Morgan fingerprint density at radius 1 is 1.12 bits per heavy atom. The van der Waals surface area contributed by atoms with Crippen molar-refractivity contribution in [1.82, 2.24) is 13.7 Å². The molecular formula is C25H25N5O3S. The van der Waals surface area contributed by atoms with Crippen molar-refractivity contribution >= 4 is 32.5 Å². The normalized spacial score (nSPS) is 15.4. The summed E-state index contributed by atoms with van der Waals surface area (Å²) in [6.45, 7) is 2.76. The molecule has 8 nitrogen and oxygen atoms in total. The van der Waals surface area contributed by atoms with Crippen LogP contribution >= 0.6 is 0 Å². The number of piperidine rings is 1. The quantitative estimate of drug-likeness (QED) is 0.469. The number of aryl methyl sites for hydroxylation is 1. The summed E-state index contributed by atoms with van der Waals surface area (Å²) in [5, 5.41) is 13.3. The van der Waals surface area contributed by atoms with E-state index in [4.69, 9.17) is 9.72 Å². The van der Waals surface area contributed by atoms with Gasteiger partial charge < -0.3 is 10.1 Å². The Kier molecular flexibility index (Phi) is 5.63. The largest absolute Gasteiger partial charge is 0.497 e. The van der Waals surface area contributed by atoms with E-state index >= 15 is 0 Å². The van der Waals surface area contributed by atoms with Crippen LogP contribution in [-0.2, 0) is 10.0 Å². The predicted molar refractivity (Wildman–Crippen MR) is 131 cm³/mol. The van der Waals surface area contributed by atoms with Gasteiger partial charge in [0.15, 0.2) is 5.65 Å². The highest BCUT2D eigenvalue weighted by Crippen LogP contribution is 2.29. The monoisotopic (exact) mass is 475 g/mol. The second-order valence-electron chi connectivity index (χ2n) is 8.46. The van der Waals surface area contributed by atoms with Crippen LogP contribution in [0.2, 0.25) is 0 Å². The van der Waals surface area contributed by atoms with Crippen molar-refractivity contribution in [3.05, 3.63) is 65.7 Å². The number of fused-ring (bicyclic) bond motifs is 3. The highest BCUT2D eigenvalue weighted by Gasteiger charge is 2.30. The highest BCUT2D eigenvalue weighted by molar-refractivity contribution is 7.89. The maximum absolute atomic E-state index is 13.1. The van der Waals surface area contributed by atoms with Crippen LogP contribution in [0.1, 0.15) is 24.0 Å². The molecule has 0 unspecified atom stereocenters. The molecule has 1 aliphatic rings. The first-order valence-corrected chi connectivity index (χ1v) is 12.6. The lowest BCUT2D eigenvalue weighted by atomic mass is 10.1. The van der Waals surface area contributed by atoms with Crippen molar-refractivity contribution in [3.63, 3.8) is 0 Å². The third kappa shape index (κ3) is 3.75. The summed E-state index contributed by atoms with van der Waals surface area (Å²) < 4.78 is 34.8. The summed E-state index contributed by atoms with van der Waals surface area (Å²) in [4.78, 5) is 4.97. The number of hydrogen-bond acceptors (Lipinski definition) is 6. The zero-order chi connectivity index (χ0) is 23.9. The second kappa shape index (κ2) is 8.63. The molecule has 0 amide bonds. The van der Waals surface area contributed by atoms with Gasteiger partial charge in [0.05, 0.1) is 28.6 Å². The number of nitriles is 1. The number of aromatic nitrogens is 2. The van der Waals surface area contributed by atoms with Crippen LogP contribution in [0.5, 0.6) is 5.75 Å². The minimum Gasteiger partial charge on any atom is -0.497 e. The molecule has 3 heterocycles. The summed E-state index contributed by atoms with van der Waals surface area (Å²) in [6.07, 6.45) is 1.34. The highest BCUT2D eigenvalue weighted by atomic mass is 32.2. The molecule has 1 saturated heterocycles. The fourth-order valence-corrected chi connectivity index (χ4v) is 6.02. The molecule has 2 aromatic carbocycles. The molecule has 2 aromatic heterocycles. The number of anilines is 1. The van der Waals surface area contributed by atoms with Crippen LogP contribution in [0.25, 0.3) is 16.7 Å². The molecule has 0 bridgehead atoms. The number of nitrogens with zero attached hydrogens (tertiary/aromatic N) is 4. The lowest BCUT2D eigenvalue weighted by molar-refractivity contribution is 0.329. The summed E-state index contributed by atoms with van der Waals surface area (Å²) in [5.41, 5.74) is 3.80. The summed E-state index contributed by atoms with van der Waals surface area (Å²) >= 11 is 0. The first-order valence-electron chi connectivity index (χ1n) is 11.1. The van der Waals surface area contributed by atoms with E-state index in [1.165, 1.54) is 0 Å². The first kappa shape index (κ1) is 22.2. The van der Waals surface area contributed by atoms with E-state index in [1.54, 1.807) is 35.7 Å². The van der Waals surface area contributed by atoms with Crippen molar-refractivity contribution in [2.75, 3.05) is 25.5 Å². The number of nitrogens with one attached hydrogen (secondary N) is 1. The zero-order valence-electron chi connectivity index (χ0n) is 19.0. The van der Waals surface area contributed by atoms with Gasteiger partial charge in [-0.3, -0.25) is 4.40 Å². The predicted octanol–water partition coefficient (Wildman–Crippen LogP) is 3.94. The molecule has 0 radical (unpaired) electrons. The number of ether oxygens (including phenoxy) is 1. The first-order chi connectivity index (χ1) is 16.4. The van der Waals surface area contributed by atoms with Crippen molar-refractivity contribution < 1.29 is 13.2 Å². The number of benzene rings is 2. The number of pyridine rings is 1. The van der Waals surface area contributed by atoms with Crippen molar-refractivity contribution in [2.24, 2.45) is 0 Å². The third-order valence-corrected chi connectivity index (χ3v) is 8.30. The number of imidazole rings is 1. The van der Waals surface area contributed by atoms with E-state index in [-0.39, 0.29) is 10.9 Å². The number of methoxy groups -OCH3 is 1. The van der Waals surface area contributed by atoms with E-state index in [0.29, 0.717) is 42.9 Å². The van der Waals surface area contributed by atoms with Crippen LogP contribution in [0.15, 0.2) is 59.5 Å². The second-order valence-corrected chi connectivity index (χ2v) is 10.4. The summed E-state index contributed by atoms with van der Waals surface area (Å²) in [6, 6.07) is 18.6. The SMILES string of the molecule is COc1ccc(S(=O)(=O)N2CCC(Nc3cc(C)c(C#N)c4nc5ccccc5n34)CC2)cc1. The Hall–Kier alpha value is -3.61. The Bertz CT molecular complexity index is 1510. The topological polar surface area (TPSA) is 99.7 Å². The van der Waals surface area contributed by atoms with Gasteiger partial charge >= 0.3 is 0 Å². The van der Waals surface area contributed by atoms with E-state index in [1.807, 2.05) is 41.7 Å². The van der Waals surface area contributed by atoms with Crippen LogP contribution < -0.4 is 10.1 Å². The maximum atomic E-state index is 13.1. The molecule has 4 aromatic rings. The van der Waals surface area contributed by atoms with Gasteiger partial charge in [0, 0.05) is 19.1 Å². The van der Waals surface area contributed by atoms with Crippen LogP contribution in [0, 0.1) is 18.3 Å². The average molecular weight is 476 g/mol. The van der Waals surface area contributed by atoms with Gasteiger partial charge in [-0.2, -0.15) is 9.57 Å². The van der Waals surface area contributed by atoms with Crippen molar-refractivity contribution in [2.45, 2.75) is 30.7 Å². The molecule has 0 aliphatic carbocycles. The molecule has 0 saturated carbocycles. The van der Waals surface area contributed by atoms with Crippen molar-refractivity contribution in [3.8, 4) is 11.8 Å². The molecule has 5 rings (SSSR count). The van der Waals surface area contributed by atoms with Gasteiger partial charge in [0.25, 0.3) is 0 Å². The fourth-order valence-electron chi connectivity index (χ4n) is 4.55. The van der Waals surface area contributed by atoms with Crippen LogP contribution in [0.3, 0.4) is 0 Å². The molecular weight excluding hydrogens is 450 g/mol. The van der Waals surface area contributed by atoms with Crippen LogP contribution in [0.4, 0.5) is 5.82 Å². The lowest BCUT2D eigenvalue weighted by Gasteiger charge is -2.32. The van der Waals surface area contributed by atoms with Gasteiger partial charge in [-0.25, -0.2) is 13.4 Å². The van der Waals surface area contributed by atoms with Gasteiger partial charge in [0.1, 0.15) is 17.6 Å². The van der Waals surface area contributed by atoms with E-state index in [2.05, 4.69) is 11.4 Å². The minimum absolute atomic E-state index is 0.0963. The number of para-hydroxylation sites is 2. The van der Waals surface area contributed by atoms with Gasteiger partial charge in [-0.15, -0.1) is 0 Å². The van der Waals surface area contributed by atoms with Gasteiger partial charge in [-0.1, -0.05) is 12.1 Å². The summed E-state index contributed by atoms with van der Waals surface area (Å²) in [7, 11) is -2.00. The van der Waals surface area contributed by atoms with E-state index in [0.717, 1.165) is 22.4 Å². The van der Waals surface area contributed by atoms with Crippen LogP contribution in [-0.4, -0.2) is 48.3 Å². The molecule has 9 heteroatoms. The van der Waals surface area contributed by atoms with Gasteiger partial charge in [-0.05, 0) is 67.8 Å². The van der Waals surface area contributed by atoms with Crippen molar-refractivity contribution in [1.29, 1.82) is 5.26 Å².